The highest BCUT2D eigenvalue weighted by molar-refractivity contribution is 6.03. The van der Waals surface area contributed by atoms with Crippen molar-refractivity contribution in [1.29, 1.82) is 0 Å². The molecule has 0 N–H and O–H groups in total. The fourth-order valence-electron chi connectivity index (χ4n) is 4.83. The number of hydrogen-bond acceptors (Lipinski definition) is 7. The van der Waals surface area contributed by atoms with E-state index in [4.69, 9.17) is 19.3 Å². The fourth-order valence-corrected chi connectivity index (χ4v) is 4.83. The van der Waals surface area contributed by atoms with Crippen LogP contribution in [0.4, 0.5) is 0 Å². The largest absolute Gasteiger partial charge is 0.493 e. The van der Waals surface area contributed by atoms with Gasteiger partial charge in [-0.1, -0.05) is 29.8 Å². The van der Waals surface area contributed by atoms with E-state index in [-0.39, 0.29) is 30.4 Å². The van der Waals surface area contributed by atoms with Crippen molar-refractivity contribution in [3.63, 3.8) is 0 Å². The van der Waals surface area contributed by atoms with Gasteiger partial charge in [-0.2, -0.15) is 5.10 Å². The summed E-state index contributed by atoms with van der Waals surface area (Å²) in [4.78, 5) is 27.7. The van der Waals surface area contributed by atoms with E-state index in [9.17, 15) is 9.59 Å². The lowest BCUT2D eigenvalue weighted by Crippen LogP contribution is -2.43. The molecule has 8 nitrogen and oxygen atoms in total. The van der Waals surface area contributed by atoms with E-state index in [1.165, 1.54) is 5.56 Å². The van der Waals surface area contributed by atoms with Crippen LogP contribution in [0.25, 0.3) is 0 Å². The lowest BCUT2D eigenvalue weighted by molar-refractivity contribution is -0.149. The third-order valence-corrected chi connectivity index (χ3v) is 6.91. The van der Waals surface area contributed by atoms with E-state index in [0.717, 1.165) is 16.8 Å². The van der Waals surface area contributed by atoms with Crippen LogP contribution in [0.5, 0.6) is 11.5 Å². The molecule has 2 aromatic rings. The number of aryl methyl sites for hydroxylation is 1. The quantitative estimate of drug-likeness (QED) is 0.518. The number of amides is 1. The van der Waals surface area contributed by atoms with E-state index >= 15 is 0 Å². The molecule has 0 saturated carbocycles. The second-order valence-electron chi connectivity index (χ2n) is 9.29. The Bertz CT molecular complexity index is 1110. The minimum absolute atomic E-state index is 0.0503. The van der Waals surface area contributed by atoms with E-state index < -0.39 is 0 Å². The first kappa shape index (κ1) is 25.7. The van der Waals surface area contributed by atoms with Gasteiger partial charge in [0.05, 0.1) is 45.0 Å². The number of hydrogen-bond donors (Lipinski definition) is 0. The van der Waals surface area contributed by atoms with Gasteiger partial charge in [0.15, 0.2) is 11.5 Å². The second kappa shape index (κ2) is 11.6. The summed E-state index contributed by atoms with van der Waals surface area (Å²) >= 11 is 0. The molecular weight excluding hydrogens is 458 g/mol. The zero-order chi connectivity index (χ0) is 25.7. The number of likely N-dealkylation sites (tertiary alicyclic amines) is 1. The van der Waals surface area contributed by atoms with Crippen LogP contribution in [0.1, 0.15) is 48.9 Å². The second-order valence-corrected chi connectivity index (χ2v) is 9.29. The van der Waals surface area contributed by atoms with Gasteiger partial charge in [0.1, 0.15) is 0 Å². The number of carbonyl (C=O) groups is 2. The van der Waals surface area contributed by atoms with Crippen LogP contribution < -0.4 is 9.47 Å². The molecule has 8 heteroatoms. The Balaban J connectivity index is 1.52. The first-order chi connectivity index (χ1) is 17.4. The minimum atomic E-state index is -0.182. The lowest BCUT2D eigenvalue weighted by Gasteiger charge is -2.32. The Morgan fingerprint density at radius 2 is 1.69 bits per heavy atom. The van der Waals surface area contributed by atoms with E-state index in [2.05, 4.69) is 29.2 Å². The van der Waals surface area contributed by atoms with Crippen LogP contribution in [0.2, 0.25) is 0 Å². The number of piperidine rings is 1. The normalized spacial score (nSPS) is 18.6. The maximum Gasteiger partial charge on any atom is 0.309 e. The van der Waals surface area contributed by atoms with Crippen LogP contribution in [0.15, 0.2) is 47.6 Å². The fraction of sp³-hybridized carbons (Fsp3) is 0.464. The van der Waals surface area contributed by atoms with E-state index in [1.54, 1.807) is 19.2 Å². The summed E-state index contributed by atoms with van der Waals surface area (Å²) in [7, 11) is 3.21. The number of ether oxygens (including phenoxy) is 3. The number of nitrogens with zero attached hydrogens (tertiary/aromatic N) is 3. The number of carbonyl (C=O) groups excluding carboxylic acids is 2. The smallest absolute Gasteiger partial charge is 0.309 e. The summed E-state index contributed by atoms with van der Waals surface area (Å²) in [6.45, 7) is 5.90. The number of benzene rings is 2. The molecule has 2 aliphatic rings. The first-order valence-electron chi connectivity index (χ1n) is 12.5. The molecule has 1 amide bonds. The molecule has 36 heavy (non-hydrogen) atoms. The van der Waals surface area contributed by atoms with Crippen molar-refractivity contribution in [2.24, 2.45) is 11.0 Å². The highest BCUT2D eigenvalue weighted by atomic mass is 16.5. The van der Waals surface area contributed by atoms with Crippen LogP contribution in [-0.4, -0.2) is 68.0 Å². The van der Waals surface area contributed by atoms with Crippen molar-refractivity contribution in [1.82, 2.24) is 9.91 Å². The van der Waals surface area contributed by atoms with Gasteiger partial charge in [-0.3, -0.25) is 14.5 Å². The van der Waals surface area contributed by atoms with Gasteiger partial charge in [-0.15, -0.1) is 0 Å². The molecule has 2 aliphatic heterocycles. The monoisotopic (exact) mass is 493 g/mol. The Kier molecular flexibility index (Phi) is 8.25. The van der Waals surface area contributed by atoms with Gasteiger partial charge in [0.25, 0.3) is 5.91 Å². The molecule has 1 saturated heterocycles. The standard InChI is InChI=1S/C28H35N3O5/c1-5-36-28(33)21-12-14-30(15-13-21)18-27(32)31-24(20-8-6-19(2)7-9-20)17-23(29-31)22-10-11-25(34-3)26(16-22)35-4/h6-11,16,21,24H,5,12-15,17-18H2,1-4H3/t24-/m1/s1. The van der Waals surface area contributed by atoms with Crippen molar-refractivity contribution in [2.45, 2.75) is 39.2 Å². The molecule has 4 rings (SSSR count). The van der Waals surface area contributed by atoms with Crippen molar-refractivity contribution in [2.75, 3.05) is 40.5 Å². The molecule has 0 spiro atoms. The SMILES string of the molecule is CCOC(=O)C1CCN(CC(=O)N2N=C(c3ccc(OC)c(OC)c3)C[C@@H]2c2ccc(C)cc2)CC1. The number of rotatable bonds is 8. The third kappa shape index (κ3) is 5.70. The van der Waals surface area contributed by atoms with Gasteiger partial charge in [-0.25, -0.2) is 5.01 Å². The maximum absolute atomic E-state index is 13.5. The van der Waals surface area contributed by atoms with E-state index in [0.29, 0.717) is 50.5 Å². The lowest BCUT2D eigenvalue weighted by atomic mass is 9.96. The van der Waals surface area contributed by atoms with E-state index in [1.807, 2.05) is 32.0 Å². The summed E-state index contributed by atoms with van der Waals surface area (Å²) in [5.41, 5.74) is 3.94. The predicted molar refractivity (Wildman–Crippen MR) is 137 cm³/mol. The third-order valence-electron chi connectivity index (χ3n) is 6.91. The minimum Gasteiger partial charge on any atom is -0.493 e. The highest BCUT2D eigenvalue weighted by Crippen LogP contribution is 2.35. The van der Waals surface area contributed by atoms with Gasteiger partial charge >= 0.3 is 5.97 Å². The summed E-state index contributed by atoms with van der Waals surface area (Å²) in [6, 6.07) is 13.8. The van der Waals surface area contributed by atoms with Crippen molar-refractivity contribution in [3.8, 4) is 11.5 Å². The van der Waals surface area contributed by atoms with Crippen LogP contribution >= 0.6 is 0 Å². The molecule has 2 aromatic carbocycles. The van der Waals surface area contributed by atoms with Crippen LogP contribution in [-0.2, 0) is 14.3 Å². The molecule has 0 aromatic heterocycles. The predicted octanol–water partition coefficient (Wildman–Crippen LogP) is 3.97. The summed E-state index contributed by atoms with van der Waals surface area (Å²) < 4.78 is 16.0. The summed E-state index contributed by atoms with van der Waals surface area (Å²) in [5, 5.41) is 6.44. The Morgan fingerprint density at radius 3 is 2.33 bits per heavy atom. The number of methoxy groups -OCH3 is 2. The van der Waals surface area contributed by atoms with Gasteiger partial charge < -0.3 is 14.2 Å². The Morgan fingerprint density at radius 1 is 1.00 bits per heavy atom. The maximum atomic E-state index is 13.5. The van der Waals surface area contributed by atoms with Crippen LogP contribution in [0.3, 0.4) is 0 Å². The molecule has 0 radical (unpaired) electrons. The van der Waals surface area contributed by atoms with Gasteiger partial charge in [-0.05, 0) is 63.5 Å². The molecule has 0 bridgehead atoms. The molecule has 2 heterocycles. The Hall–Kier alpha value is -3.39. The van der Waals surface area contributed by atoms with Crippen molar-refractivity contribution in [3.05, 3.63) is 59.2 Å². The average molecular weight is 494 g/mol. The van der Waals surface area contributed by atoms with Gasteiger partial charge in [0, 0.05) is 12.0 Å². The highest BCUT2D eigenvalue weighted by Gasteiger charge is 2.35. The topological polar surface area (TPSA) is 80.7 Å². The molecule has 0 aliphatic carbocycles. The Labute approximate surface area is 212 Å². The molecular formula is C28H35N3O5. The average Bonchev–Trinajstić information content (AvgIpc) is 3.35. The first-order valence-corrected chi connectivity index (χ1v) is 12.5. The molecule has 1 atom stereocenters. The summed E-state index contributed by atoms with van der Waals surface area (Å²) in [6.07, 6.45) is 2.01. The van der Waals surface area contributed by atoms with Crippen molar-refractivity contribution >= 4 is 17.6 Å². The number of esters is 1. The van der Waals surface area contributed by atoms with Crippen molar-refractivity contribution < 1.29 is 23.8 Å². The molecule has 192 valence electrons. The van der Waals surface area contributed by atoms with Crippen LogP contribution in [0, 0.1) is 12.8 Å². The number of hydrazone groups is 1. The van der Waals surface area contributed by atoms with Gasteiger partial charge in [0.2, 0.25) is 0 Å². The zero-order valence-corrected chi connectivity index (χ0v) is 21.5. The zero-order valence-electron chi connectivity index (χ0n) is 21.5. The molecule has 1 fully saturated rings. The molecule has 0 unspecified atom stereocenters. The summed E-state index contributed by atoms with van der Waals surface area (Å²) in [5.74, 6) is 1.00.